The van der Waals surface area contributed by atoms with E-state index in [1.165, 1.54) is 0 Å². The number of rotatable bonds is 8. The van der Waals surface area contributed by atoms with Gasteiger partial charge in [-0.1, -0.05) is 5.16 Å². The number of furan rings is 2. The molecule has 0 unspecified atom stereocenters. The third-order valence-electron chi connectivity index (χ3n) is 4.54. The first-order chi connectivity index (χ1) is 14.6. The maximum absolute atomic E-state index is 13.2. The van der Waals surface area contributed by atoms with E-state index >= 15 is 0 Å². The summed E-state index contributed by atoms with van der Waals surface area (Å²) >= 11 is 0. The highest BCUT2D eigenvalue weighted by atomic mass is 16.5. The van der Waals surface area contributed by atoms with Crippen molar-refractivity contribution >= 4 is 5.91 Å². The number of hydrogen-bond acceptors (Lipinski definition) is 6. The first kappa shape index (κ1) is 19.6. The van der Waals surface area contributed by atoms with E-state index in [4.69, 9.17) is 18.1 Å². The van der Waals surface area contributed by atoms with Crippen molar-refractivity contribution in [3.8, 4) is 17.1 Å². The van der Waals surface area contributed by atoms with Gasteiger partial charge in [-0.15, -0.1) is 0 Å². The van der Waals surface area contributed by atoms with E-state index in [1.807, 2.05) is 56.3 Å². The lowest BCUT2D eigenvalue weighted by Gasteiger charge is -2.19. The van der Waals surface area contributed by atoms with Gasteiger partial charge in [0, 0.05) is 11.6 Å². The normalized spacial score (nSPS) is 10.9. The van der Waals surface area contributed by atoms with Crippen LogP contribution in [0.1, 0.15) is 34.7 Å². The number of nitrogens with zero attached hydrogens (tertiary/aromatic N) is 2. The molecule has 0 fully saturated rings. The molecule has 0 saturated carbocycles. The van der Waals surface area contributed by atoms with Gasteiger partial charge < -0.3 is 23.0 Å². The first-order valence-corrected chi connectivity index (χ1v) is 9.69. The fourth-order valence-corrected chi connectivity index (χ4v) is 3.10. The van der Waals surface area contributed by atoms with Crippen LogP contribution in [-0.2, 0) is 13.1 Å². The van der Waals surface area contributed by atoms with Gasteiger partial charge in [-0.05, 0) is 62.4 Å². The molecule has 7 heteroatoms. The summed E-state index contributed by atoms with van der Waals surface area (Å²) in [4.78, 5) is 14.8. The molecule has 0 aliphatic carbocycles. The number of amides is 1. The van der Waals surface area contributed by atoms with Crippen LogP contribution in [0.4, 0.5) is 0 Å². The minimum absolute atomic E-state index is 0.216. The maximum Gasteiger partial charge on any atom is 0.276 e. The number of benzene rings is 1. The molecule has 0 atom stereocenters. The highest BCUT2D eigenvalue weighted by Crippen LogP contribution is 2.24. The first-order valence-electron chi connectivity index (χ1n) is 9.69. The molecule has 0 aliphatic rings. The second kappa shape index (κ2) is 8.73. The maximum atomic E-state index is 13.2. The second-order valence-electron chi connectivity index (χ2n) is 6.79. The monoisotopic (exact) mass is 406 g/mol. The van der Waals surface area contributed by atoms with Crippen LogP contribution in [-0.4, -0.2) is 22.6 Å². The molecule has 0 radical (unpaired) electrons. The fraction of sp³-hybridized carbons (Fsp3) is 0.217. The molecule has 0 spiro atoms. The highest BCUT2D eigenvalue weighted by molar-refractivity contribution is 5.93. The van der Waals surface area contributed by atoms with Gasteiger partial charge in [0.25, 0.3) is 5.91 Å². The SMILES string of the molecule is CCOc1ccc(-c2cc(C(=O)N(Cc3ccco3)Cc3ccc(C)o3)no2)cc1. The Labute approximate surface area is 173 Å². The average molecular weight is 406 g/mol. The Kier molecular flexibility index (Phi) is 5.70. The van der Waals surface area contributed by atoms with Gasteiger partial charge in [-0.3, -0.25) is 4.79 Å². The molecule has 0 N–H and O–H groups in total. The van der Waals surface area contributed by atoms with Gasteiger partial charge >= 0.3 is 0 Å². The van der Waals surface area contributed by atoms with E-state index in [0.29, 0.717) is 30.4 Å². The number of aryl methyl sites for hydroxylation is 1. The topological polar surface area (TPSA) is 81.9 Å². The Balaban J connectivity index is 1.54. The lowest BCUT2D eigenvalue weighted by atomic mass is 10.1. The van der Waals surface area contributed by atoms with Crippen LogP contribution < -0.4 is 4.74 Å². The van der Waals surface area contributed by atoms with Crippen LogP contribution in [0, 0.1) is 6.92 Å². The van der Waals surface area contributed by atoms with E-state index < -0.39 is 0 Å². The summed E-state index contributed by atoms with van der Waals surface area (Å²) in [7, 11) is 0. The molecule has 0 bridgehead atoms. The molecule has 3 heterocycles. The van der Waals surface area contributed by atoms with Gasteiger partial charge in [0.15, 0.2) is 11.5 Å². The zero-order chi connectivity index (χ0) is 20.9. The van der Waals surface area contributed by atoms with E-state index in [0.717, 1.165) is 17.1 Å². The summed E-state index contributed by atoms with van der Waals surface area (Å²) in [6, 6.07) is 16.4. The zero-order valence-electron chi connectivity index (χ0n) is 16.8. The van der Waals surface area contributed by atoms with Crippen LogP contribution in [0.2, 0.25) is 0 Å². The highest BCUT2D eigenvalue weighted by Gasteiger charge is 2.23. The summed E-state index contributed by atoms with van der Waals surface area (Å²) < 4.78 is 21.9. The Hall–Kier alpha value is -3.74. The molecule has 0 saturated heterocycles. The van der Waals surface area contributed by atoms with E-state index in [1.54, 1.807) is 23.3 Å². The Morgan fingerprint density at radius 1 is 1.07 bits per heavy atom. The summed E-state index contributed by atoms with van der Waals surface area (Å²) in [5, 5.41) is 3.99. The van der Waals surface area contributed by atoms with E-state index in [2.05, 4.69) is 5.16 Å². The van der Waals surface area contributed by atoms with Gasteiger partial charge in [-0.2, -0.15) is 0 Å². The minimum atomic E-state index is -0.276. The molecule has 1 aromatic carbocycles. The van der Waals surface area contributed by atoms with Gasteiger partial charge in [0.05, 0.1) is 26.0 Å². The summed E-state index contributed by atoms with van der Waals surface area (Å²) in [5.41, 5.74) is 1.03. The van der Waals surface area contributed by atoms with Crippen molar-refractivity contribution in [1.82, 2.24) is 10.1 Å². The molecule has 4 aromatic rings. The lowest BCUT2D eigenvalue weighted by molar-refractivity contribution is 0.0693. The van der Waals surface area contributed by atoms with Crippen molar-refractivity contribution in [1.29, 1.82) is 0 Å². The summed E-state index contributed by atoms with van der Waals surface area (Å²) in [6.45, 7) is 4.97. The second-order valence-corrected chi connectivity index (χ2v) is 6.79. The lowest BCUT2D eigenvalue weighted by Crippen LogP contribution is -2.30. The van der Waals surface area contributed by atoms with Crippen molar-refractivity contribution in [2.24, 2.45) is 0 Å². The number of carbonyl (C=O) groups is 1. The third kappa shape index (κ3) is 4.46. The van der Waals surface area contributed by atoms with Crippen molar-refractivity contribution < 1.29 is 22.9 Å². The van der Waals surface area contributed by atoms with E-state index in [9.17, 15) is 4.79 Å². The number of aromatic nitrogens is 1. The number of ether oxygens (including phenoxy) is 1. The van der Waals surface area contributed by atoms with Crippen molar-refractivity contribution in [3.05, 3.63) is 83.8 Å². The molecular weight excluding hydrogens is 384 g/mol. The summed E-state index contributed by atoms with van der Waals surface area (Å²) in [5.74, 6) is 3.14. The number of carbonyl (C=O) groups excluding carboxylic acids is 1. The molecule has 4 rings (SSSR count). The molecule has 0 aliphatic heterocycles. The standard InChI is InChI=1S/C23H22N2O5/c1-3-27-18-10-7-17(8-11-18)22-13-21(24-30-22)23(26)25(14-19-5-4-12-28-19)15-20-9-6-16(2)29-20/h4-13H,3,14-15H2,1-2H3. The summed E-state index contributed by atoms with van der Waals surface area (Å²) in [6.07, 6.45) is 1.58. The van der Waals surface area contributed by atoms with E-state index in [-0.39, 0.29) is 18.1 Å². The smallest absolute Gasteiger partial charge is 0.276 e. The van der Waals surface area contributed by atoms with Gasteiger partial charge in [-0.25, -0.2) is 0 Å². The average Bonchev–Trinajstić information content (AvgIpc) is 3.50. The van der Waals surface area contributed by atoms with Crippen LogP contribution >= 0.6 is 0 Å². The molecule has 3 aromatic heterocycles. The van der Waals surface area contributed by atoms with Crippen molar-refractivity contribution in [2.45, 2.75) is 26.9 Å². The molecule has 1 amide bonds. The van der Waals surface area contributed by atoms with Crippen LogP contribution in [0.5, 0.6) is 5.75 Å². The molecule has 30 heavy (non-hydrogen) atoms. The van der Waals surface area contributed by atoms with Gasteiger partial charge in [0.1, 0.15) is 23.0 Å². The predicted molar refractivity (Wildman–Crippen MR) is 109 cm³/mol. The van der Waals surface area contributed by atoms with Crippen molar-refractivity contribution in [2.75, 3.05) is 6.61 Å². The Morgan fingerprint density at radius 3 is 2.53 bits per heavy atom. The van der Waals surface area contributed by atoms with Crippen LogP contribution in [0.15, 0.2) is 74.2 Å². The fourth-order valence-electron chi connectivity index (χ4n) is 3.10. The minimum Gasteiger partial charge on any atom is -0.494 e. The largest absolute Gasteiger partial charge is 0.494 e. The Morgan fingerprint density at radius 2 is 1.87 bits per heavy atom. The molecule has 7 nitrogen and oxygen atoms in total. The molecule has 154 valence electrons. The number of hydrogen-bond donors (Lipinski definition) is 0. The zero-order valence-corrected chi connectivity index (χ0v) is 16.8. The van der Waals surface area contributed by atoms with Crippen molar-refractivity contribution in [3.63, 3.8) is 0 Å². The molecular formula is C23H22N2O5. The van der Waals surface area contributed by atoms with Crippen LogP contribution in [0.3, 0.4) is 0 Å². The quantitative estimate of drug-likeness (QED) is 0.406. The predicted octanol–water partition coefficient (Wildman–Crippen LogP) is 5.08. The Bertz CT molecular complexity index is 1090. The van der Waals surface area contributed by atoms with Crippen LogP contribution in [0.25, 0.3) is 11.3 Å². The van der Waals surface area contributed by atoms with Gasteiger partial charge in [0.2, 0.25) is 0 Å². The third-order valence-corrected chi connectivity index (χ3v) is 4.54.